The highest BCUT2D eigenvalue weighted by Crippen LogP contribution is 2.40. The lowest BCUT2D eigenvalue weighted by Crippen LogP contribution is -2.58. The van der Waals surface area contributed by atoms with E-state index < -0.39 is 34.8 Å². The van der Waals surface area contributed by atoms with Crippen LogP contribution in [-0.2, 0) is 25.3 Å². The van der Waals surface area contributed by atoms with Crippen molar-refractivity contribution in [2.24, 2.45) is 0 Å². The lowest BCUT2D eigenvalue weighted by molar-refractivity contribution is -0.137. The smallest absolute Gasteiger partial charge is 0.378 e. The fourth-order valence-corrected chi connectivity index (χ4v) is 9.12. The normalized spacial score (nSPS) is 24.3. The van der Waals surface area contributed by atoms with E-state index in [0.29, 0.717) is 30.8 Å². The lowest BCUT2D eigenvalue weighted by Gasteiger charge is -2.44. The SMILES string of the molecule is C[C@@H]1CN(CCCOC2CCC(N3C(=S)N(c4ccc(C#N)c(C(F)(F)F)c4)C(=O)C3(C)C)CC2)C[C@H](C)N1CC(=O)Nc1cccc(N2CCC(=O)NC2=O)c1.Cl. The number of amides is 5. The molecule has 0 bridgehead atoms. The molecule has 5 amide bonds. The molecule has 314 valence electrons. The number of urea groups is 1. The van der Waals surface area contributed by atoms with Gasteiger partial charge in [0.15, 0.2) is 5.11 Å². The van der Waals surface area contributed by atoms with Crippen molar-refractivity contribution in [3.8, 4) is 6.07 Å². The Hall–Kier alpha value is -4.34. The number of nitrogens with one attached hydrogen (secondary N) is 2. The van der Waals surface area contributed by atoms with Crippen LogP contribution in [0, 0.1) is 11.3 Å². The van der Waals surface area contributed by atoms with E-state index in [9.17, 15) is 37.6 Å². The number of anilines is 3. The molecule has 2 aromatic carbocycles. The summed E-state index contributed by atoms with van der Waals surface area (Å²) in [5, 5.41) is 14.6. The minimum absolute atomic E-state index is 0. The molecule has 18 heteroatoms. The third-order valence-corrected chi connectivity index (χ3v) is 11.8. The summed E-state index contributed by atoms with van der Waals surface area (Å²) in [7, 11) is 0. The van der Waals surface area contributed by atoms with Crippen molar-refractivity contribution >= 4 is 70.6 Å². The Balaban J connectivity index is 0.00000641. The third-order valence-electron chi connectivity index (χ3n) is 11.4. The molecule has 2 N–H and O–H groups in total. The van der Waals surface area contributed by atoms with E-state index in [0.717, 1.165) is 55.9 Å². The maximum absolute atomic E-state index is 13.7. The number of nitrogens with zero attached hydrogens (tertiary/aromatic N) is 6. The minimum atomic E-state index is -4.76. The lowest BCUT2D eigenvalue weighted by atomic mass is 9.89. The van der Waals surface area contributed by atoms with Gasteiger partial charge in [-0.05, 0) is 108 Å². The number of piperazine rings is 1. The molecule has 2 atom stereocenters. The maximum atomic E-state index is 13.7. The number of rotatable bonds is 11. The first-order valence-corrected chi connectivity index (χ1v) is 19.8. The molecule has 0 aromatic heterocycles. The van der Waals surface area contributed by atoms with Gasteiger partial charge in [0.05, 0.1) is 35.5 Å². The maximum Gasteiger partial charge on any atom is 0.417 e. The van der Waals surface area contributed by atoms with Gasteiger partial charge >= 0.3 is 12.2 Å². The molecule has 13 nitrogen and oxygen atoms in total. The van der Waals surface area contributed by atoms with Crippen molar-refractivity contribution in [2.75, 3.05) is 54.4 Å². The van der Waals surface area contributed by atoms with Crippen LogP contribution in [0.5, 0.6) is 0 Å². The van der Waals surface area contributed by atoms with Gasteiger partial charge in [-0.1, -0.05) is 6.07 Å². The summed E-state index contributed by atoms with van der Waals surface area (Å²) in [6.45, 7) is 11.3. The molecule has 1 saturated carbocycles. The van der Waals surface area contributed by atoms with E-state index in [1.54, 1.807) is 44.2 Å². The summed E-state index contributed by atoms with van der Waals surface area (Å²) in [6, 6.07) is 11.6. The van der Waals surface area contributed by atoms with Gasteiger partial charge in [0, 0.05) is 68.7 Å². The standard InChI is InChI=1S/C40H49F3N8O5S.ClH/c1-25-22-47(23-26(2)49(25)24-35(53)45-28-7-5-8-30(19-28)48-17-15-34(52)46-37(48)55)16-6-18-56-32-13-11-29(12-14-32)51-38(57)50(36(54)39(51,3)4)31-10-9-27(21-44)33(20-31)40(41,42)43;/h5,7-10,19-20,25-26,29,32H,6,11-18,22-24H2,1-4H3,(H,45,53)(H,46,52,55);1H/t25-,26+,29?,32?;. The monoisotopic (exact) mass is 846 g/mol. The Morgan fingerprint density at radius 3 is 2.36 bits per heavy atom. The highest BCUT2D eigenvalue weighted by molar-refractivity contribution is 7.80. The largest absolute Gasteiger partial charge is 0.417 e. The van der Waals surface area contributed by atoms with Crippen LogP contribution in [0.3, 0.4) is 0 Å². The molecule has 3 saturated heterocycles. The zero-order chi connectivity index (χ0) is 41.2. The number of imide groups is 1. The van der Waals surface area contributed by atoms with Crippen molar-refractivity contribution < 1.29 is 37.1 Å². The zero-order valence-corrected chi connectivity index (χ0v) is 34.6. The second kappa shape index (κ2) is 18.3. The van der Waals surface area contributed by atoms with Crippen LogP contribution in [0.25, 0.3) is 0 Å². The first kappa shape index (κ1) is 44.8. The summed E-state index contributed by atoms with van der Waals surface area (Å²) >= 11 is 5.73. The minimum Gasteiger partial charge on any atom is -0.378 e. The van der Waals surface area contributed by atoms with Gasteiger partial charge in [0.1, 0.15) is 5.54 Å². The number of hydrogen-bond acceptors (Lipinski definition) is 9. The second-order valence-electron chi connectivity index (χ2n) is 15.8. The average molecular weight is 847 g/mol. The Morgan fingerprint density at radius 2 is 1.72 bits per heavy atom. The first-order valence-electron chi connectivity index (χ1n) is 19.4. The van der Waals surface area contributed by atoms with Crippen LogP contribution in [-0.4, -0.2) is 113 Å². The topological polar surface area (TPSA) is 142 Å². The van der Waals surface area contributed by atoms with Gasteiger partial charge in [-0.2, -0.15) is 18.4 Å². The molecule has 6 rings (SSSR count). The molecule has 3 aliphatic heterocycles. The molecule has 4 fully saturated rings. The summed E-state index contributed by atoms with van der Waals surface area (Å²) in [5.74, 6) is -0.867. The van der Waals surface area contributed by atoms with Crippen molar-refractivity contribution in [1.82, 2.24) is 20.0 Å². The molecular weight excluding hydrogens is 797 g/mol. The van der Waals surface area contributed by atoms with E-state index in [-0.39, 0.29) is 78.8 Å². The van der Waals surface area contributed by atoms with Crippen molar-refractivity contribution in [3.05, 3.63) is 53.6 Å². The fraction of sp³-hybridized carbons (Fsp3) is 0.550. The third kappa shape index (κ3) is 9.74. The van der Waals surface area contributed by atoms with Crippen LogP contribution < -0.4 is 20.4 Å². The van der Waals surface area contributed by atoms with Gasteiger partial charge in [-0.15, -0.1) is 12.4 Å². The van der Waals surface area contributed by atoms with Crippen LogP contribution in [0.4, 0.5) is 35.0 Å². The highest BCUT2D eigenvalue weighted by atomic mass is 35.5. The zero-order valence-electron chi connectivity index (χ0n) is 33.0. The van der Waals surface area contributed by atoms with E-state index >= 15 is 0 Å². The summed E-state index contributed by atoms with van der Waals surface area (Å²) < 4.78 is 47.5. The molecule has 4 aliphatic rings. The Morgan fingerprint density at radius 1 is 1.03 bits per heavy atom. The Bertz CT molecular complexity index is 1930. The van der Waals surface area contributed by atoms with Crippen molar-refractivity contribution in [1.29, 1.82) is 5.26 Å². The average Bonchev–Trinajstić information content (AvgIpc) is 3.33. The number of nitriles is 1. The predicted molar refractivity (Wildman–Crippen MR) is 219 cm³/mol. The van der Waals surface area contributed by atoms with E-state index in [2.05, 4.69) is 34.3 Å². The van der Waals surface area contributed by atoms with E-state index in [1.165, 1.54) is 11.0 Å². The predicted octanol–water partition coefficient (Wildman–Crippen LogP) is 5.91. The molecule has 0 unspecified atom stereocenters. The van der Waals surface area contributed by atoms with Gasteiger partial charge in [-0.3, -0.25) is 34.4 Å². The number of halogens is 4. The summed E-state index contributed by atoms with van der Waals surface area (Å²) in [6.07, 6.45) is -0.705. The molecule has 3 heterocycles. The highest BCUT2D eigenvalue weighted by Gasteiger charge is 2.52. The quantitative estimate of drug-likeness (QED) is 0.207. The fourth-order valence-electron chi connectivity index (χ4n) is 8.55. The number of benzene rings is 2. The first-order chi connectivity index (χ1) is 27.0. The number of carbonyl (C=O) groups is 4. The van der Waals surface area contributed by atoms with Gasteiger partial charge in [0.2, 0.25) is 11.8 Å². The van der Waals surface area contributed by atoms with Crippen LogP contribution in [0.1, 0.15) is 77.3 Å². The molecule has 2 aromatic rings. The molecule has 1 aliphatic carbocycles. The van der Waals surface area contributed by atoms with Gasteiger partial charge in [0.25, 0.3) is 5.91 Å². The summed E-state index contributed by atoms with van der Waals surface area (Å²) in [5.41, 5.74) is -1.52. The van der Waals surface area contributed by atoms with Crippen LogP contribution in [0.15, 0.2) is 42.5 Å². The second-order valence-corrected chi connectivity index (χ2v) is 16.2. The van der Waals surface area contributed by atoms with Crippen LogP contribution >= 0.6 is 24.6 Å². The van der Waals surface area contributed by atoms with Crippen molar-refractivity contribution in [3.63, 3.8) is 0 Å². The molecule has 58 heavy (non-hydrogen) atoms. The molecule has 0 spiro atoms. The van der Waals surface area contributed by atoms with Crippen LogP contribution in [0.2, 0.25) is 0 Å². The number of carbonyl (C=O) groups excluding carboxylic acids is 4. The molecule has 0 radical (unpaired) electrons. The van der Waals surface area contributed by atoms with E-state index in [1.807, 2.05) is 4.90 Å². The number of ether oxygens (including phenoxy) is 1. The number of thiocarbonyl (C=S) groups is 1. The van der Waals surface area contributed by atoms with Crippen molar-refractivity contribution in [2.45, 2.75) is 102 Å². The summed E-state index contributed by atoms with van der Waals surface area (Å²) in [4.78, 5) is 59.6. The van der Waals surface area contributed by atoms with Gasteiger partial charge in [-0.25, -0.2) is 4.79 Å². The Labute approximate surface area is 348 Å². The van der Waals surface area contributed by atoms with E-state index in [4.69, 9.17) is 17.0 Å². The number of hydrogen-bond donors (Lipinski definition) is 2. The Kier molecular flexibility index (Phi) is 14.1. The number of alkyl halides is 3. The van der Waals surface area contributed by atoms with Gasteiger partial charge < -0.3 is 19.9 Å². The molecular formula is C40H50ClF3N8O5S.